The van der Waals surface area contributed by atoms with Gasteiger partial charge in [0.2, 0.25) is 0 Å². The zero-order valence-electron chi connectivity index (χ0n) is 9.05. The fraction of sp³-hybridized carbons (Fsp3) is 0.778. The molecule has 13 heavy (non-hydrogen) atoms. The summed E-state index contributed by atoms with van der Waals surface area (Å²) in [6, 6.07) is 0.854. The molecule has 0 aliphatic heterocycles. The molecule has 0 aromatic rings. The summed E-state index contributed by atoms with van der Waals surface area (Å²) < 4.78 is 16.3. The Kier molecular flexibility index (Phi) is 6.24. The van der Waals surface area contributed by atoms with Gasteiger partial charge in [-0.2, -0.15) is 0 Å². The number of hydrogen-bond donors (Lipinski definition) is 0. The first-order chi connectivity index (χ1) is 6.10. The van der Waals surface area contributed by atoms with E-state index in [0.29, 0.717) is 6.61 Å². The van der Waals surface area contributed by atoms with Crippen LogP contribution in [-0.2, 0) is 13.3 Å². The smallest absolute Gasteiger partial charge is 0.377 e. The van der Waals surface area contributed by atoms with E-state index < -0.39 is 8.80 Å². The van der Waals surface area contributed by atoms with E-state index in [9.17, 15) is 0 Å². The largest absolute Gasteiger partial charge is 0.500 e. The van der Waals surface area contributed by atoms with Gasteiger partial charge >= 0.3 is 8.80 Å². The maximum Gasteiger partial charge on any atom is 0.500 e. The van der Waals surface area contributed by atoms with Crippen molar-refractivity contribution in [2.75, 3.05) is 20.8 Å². The average Bonchev–Trinajstić information content (AvgIpc) is 2.12. The van der Waals surface area contributed by atoms with Crippen molar-refractivity contribution in [1.29, 1.82) is 0 Å². The summed E-state index contributed by atoms with van der Waals surface area (Å²) in [5, 5.41) is 0. The highest BCUT2D eigenvalue weighted by atomic mass is 28.4. The minimum absolute atomic E-state index is 0.522. The Labute approximate surface area is 82.1 Å². The second kappa shape index (κ2) is 6.31. The van der Waals surface area contributed by atoms with Gasteiger partial charge in [-0.1, -0.05) is 25.5 Å². The third-order valence-electron chi connectivity index (χ3n) is 1.72. The van der Waals surface area contributed by atoms with E-state index in [1.165, 1.54) is 0 Å². The van der Waals surface area contributed by atoms with Gasteiger partial charge in [0.25, 0.3) is 0 Å². The zero-order chi connectivity index (χ0) is 10.3. The van der Waals surface area contributed by atoms with Crippen molar-refractivity contribution in [2.45, 2.75) is 26.3 Å². The lowest BCUT2D eigenvalue weighted by molar-refractivity contribution is 0.107. The van der Waals surface area contributed by atoms with Crippen molar-refractivity contribution in [3.8, 4) is 0 Å². The average molecular weight is 204 g/mol. The predicted molar refractivity (Wildman–Crippen MR) is 55.6 cm³/mol. The quantitative estimate of drug-likeness (QED) is 0.470. The summed E-state index contributed by atoms with van der Waals surface area (Å²) in [5.74, 6) is 0. The molecule has 0 aliphatic rings. The van der Waals surface area contributed by atoms with E-state index in [1.807, 2.05) is 6.92 Å². The molecule has 0 aromatic carbocycles. The highest BCUT2D eigenvalue weighted by Crippen LogP contribution is 2.16. The molecule has 78 valence electrons. The van der Waals surface area contributed by atoms with Crippen LogP contribution in [0.5, 0.6) is 0 Å². The molecule has 0 saturated carbocycles. The number of hydrogen-bond acceptors (Lipinski definition) is 3. The zero-order valence-corrected chi connectivity index (χ0v) is 10.1. The summed E-state index contributed by atoms with van der Waals surface area (Å²) in [6.45, 7) is 8.31. The van der Waals surface area contributed by atoms with Gasteiger partial charge in [-0.25, -0.2) is 0 Å². The Morgan fingerprint density at radius 1 is 1.31 bits per heavy atom. The van der Waals surface area contributed by atoms with Gasteiger partial charge in [0.05, 0.1) is 6.61 Å². The molecular formula is C9H20O3Si. The van der Waals surface area contributed by atoms with E-state index in [-0.39, 0.29) is 0 Å². The molecule has 0 rings (SSSR count). The molecular weight excluding hydrogens is 184 g/mol. The molecule has 0 heterocycles. The molecule has 0 unspecified atom stereocenters. The Morgan fingerprint density at radius 2 is 1.85 bits per heavy atom. The van der Waals surface area contributed by atoms with Crippen LogP contribution in [0.2, 0.25) is 6.04 Å². The monoisotopic (exact) mass is 204 g/mol. The Hall–Kier alpha value is -0.163. The van der Waals surface area contributed by atoms with Crippen molar-refractivity contribution < 1.29 is 13.3 Å². The fourth-order valence-corrected chi connectivity index (χ4v) is 3.05. The van der Waals surface area contributed by atoms with E-state index in [4.69, 9.17) is 13.3 Å². The topological polar surface area (TPSA) is 27.7 Å². The van der Waals surface area contributed by atoms with Gasteiger partial charge < -0.3 is 13.3 Å². The molecule has 0 aliphatic carbocycles. The van der Waals surface area contributed by atoms with Crippen LogP contribution in [0.1, 0.15) is 20.3 Å². The third kappa shape index (κ3) is 4.57. The van der Waals surface area contributed by atoms with Crippen molar-refractivity contribution in [1.82, 2.24) is 0 Å². The Balaban J connectivity index is 4.12. The summed E-state index contributed by atoms with van der Waals surface area (Å²) in [4.78, 5) is 0. The van der Waals surface area contributed by atoms with Crippen LogP contribution in [0.3, 0.4) is 0 Å². The molecule has 0 fully saturated rings. The van der Waals surface area contributed by atoms with Gasteiger partial charge in [0, 0.05) is 20.3 Å². The van der Waals surface area contributed by atoms with Crippen molar-refractivity contribution >= 4 is 8.80 Å². The molecule has 0 radical (unpaired) electrons. The van der Waals surface area contributed by atoms with Gasteiger partial charge in [0.1, 0.15) is 0 Å². The van der Waals surface area contributed by atoms with Crippen LogP contribution in [0.4, 0.5) is 0 Å². The fourth-order valence-electron chi connectivity index (χ4n) is 1.02. The molecule has 0 aromatic heterocycles. The first kappa shape index (κ1) is 12.8. The summed E-state index contributed by atoms with van der Waals surface area (Å²) >= 11 is 0. The molecule has 0 N–H and O–H groups in total. The van der Waals surface area contributed by atoms with Crippen molar-refractivity contribution in [3.63, 3.8) is 0 Å². The minimum atomic E-state index is -2.37. The van der Waals surface area contributed by atoms with Crippen molar-refractivity contribution in [3.05, 3.63) is 12.2 Å². The SMILES string of the molecule is C=C(C)CO[Si](CCC)(OC)OC. The van der Waals surface area contributed by atoms with Crippen LogP contribution in [-0.4, -0.2) is 29.6 Å². The number of rotatable bonds is 7. The standard InChI is InChI=1S/C9H20O3Si/c1-6-7-13(10-4,11-5)12-8-9(2)3/h2,6-8H2,1,3-5H3. The van der Waals surface area contributed by atoms with E-state index in [2.05, 4.69) is 13.5 Å². The molecule has 0 spiro atoms. The lowest BCUT2D eigenvalue weighted by atomic mass is 10.4. The van der Waals surface area contributed by atoms with Gasteiger partial charge in [-0.3, -0.25) is 0 Å². The highest BCUT2D eigenvalue weighted by molar-refractivity contribution is 6.60. The van der Waals surface area contributed by atoms with Gasteiger partial charge in [-0.15, -0.1) is 0 Å². The van der Waals surface area contributed by atoms with Crippen molar-refractivity contribution in [2.24, 2.45) is 0 Å². The van der Waals surface area contributed by atoms with E-state index in [0.717, 1.165) is 18.0 Å². The maximum absolute atomic E-state index is 5.62. The van der Waals surface area contributed by atoms with Crippen LogP contribution >= 0.6 is 0 Å². The van der Waals surface area contributed by atoms with E-state index >= 15 is 0 Å². The normalized spacial score (nSPS) is 11.7. The first-order valence-corrected chi connectivity index (χ1v) is 6.42. The molecule has 0 saturated heterocycles. The second-order valence-electron chi connectivity index (χ2n) is 3.09. The van der Waals surface area contributed by atoms with E-state index in [1.54, 1.807) is 14.2 Å². The van der Waals surface area contributed by atoms with Crippen LogP contribution in [0.25, 0.3) is 0 Å². The van der Waals surface area contributed by atoms with Gasteiger partial charge in [0.15, 0.2) is 0 Å². The summed E-state index contributed by atoms with van der Waals surface area (Å²) in [7, 11) is 0.918. The third-order valence-corrected chi connectivity index (χ3v) is 4.66. The summed E-state index contributed by atoms with van der Waals surface area (Å²) in [6.07, 6.45) is 1.00. The van der Waals surface area contributed by atoms with Gasteiger partial charge in [-0.05, 0) is 6.92 Å². The Bertz CT molecular complexity index is 155. The van der Waals surface area contributed by atoms with Crippen LogP contribution < -0.4 is 0 Å². The molecule has 4 heteroatoms. The molecule has 3 nitrogen and oxygen atoms in total. The lowest BCUT2D eigenvalue weighted by Gasteiger charge is -2.25. The van der Waals surface area contributed by atoms with Crippen LogP contribution in [0, 0.1) is 0 Å². The Morgan fingerprint density at radius 3 is 2.15 bits per heavy atom. The second-order valence-corrected chi connectivity index (χ2v) is 6.06. The highest BCUT2D eigenvalue weighted by Gasteiger charge is 2.37. The molecule has 0 atom stereocenters. The molecule has 0 amide bonds. The predicted octanol–water partition coefficient (Wildman–Crippen LogP) is 2.22. The van der Waals surface area contributed by atoms with Crippen LogP contribution in [0.15, 0.2) is 12.2 Å². The summed E-state index contributed by atoms with van der Waals surface area (Å²) in [5.41, 5.74) is 0.988. The lowest BCUT2D eigenvalue weighted by Crippen LogP contribution is -2.43. The minimum Gasteiger partial charge on any atom is -0.377 e. The maximum atomic E-state index is 5.62. The molecule has 0 bridgehead atoms. The first-order valence-electron chi connectivity index (χ1n) is 4.49.